The number of carbonyl (C=O) groups is 1. The van der Waals surface area contributed by atoms with Crippen LogP contribution in [0, 0.1) is 0 Å². The van der Waals surface area contributed by atoms with Crippen LogP contribution in [-0.4, -0.2) is 82.8 Å². The molecule has 2 fully saturated rings. The molecular weight excluding hydrogens is 474 g/mol. The highest BCUT2D eigenvalue weighted by Crippen LogP contribution is 2.37. The number of carbonyl (C=O) groups excluding carboxylic acids is 1. The van der Waals surface area contributed by atoms with Gasteiger partial charge in [-0.15, -0.1) is 0 Å². The molecule has 1 saturated carbocycles. The quantitative estimate of drug-likeness (QED) is 0.394. The molecule has 2 N–H and O–H groups in total. The molecule has 3 aliphatic heterocycles. The Balaban J connectivity index is 1.37. The Kier molecular flexibility index (Phi) is 6.27. The Morgan fingerprint density at radius 2 is 2.00 bits per heavy atom. The Labute approximate surface area is 214 Å². The van der Waals surface area contributed by atoms with Crippen LogP contribution in [0.1, 0.15) is 35.7 Å². The predicted molar refractivity (Wildman–Crippen MR) is 137 cm³/mol. The highest BCUT2D eigenvalue weighted by Gasteiger charge is 2.33. The van der Waals surface area contributed by atoms with Crippen molar-refractivity contribution < 1.29 is 19.0 Å². The van der Waals surface area contributed by atoms with Gasteiger partial charge in [-0.05, 0) is 31.4 Å². The van der Waals surface area contributed by atoms with Crippen molar-refractivity contribution in [1.82, 2.24) is 29.5 Å². The fraction of sp³-hybridized carbons (Fsp3) is 0.462. The molecule has 1 amide bonds. The molecule has 5 heterocycles. The zero-order chi connectivity index (χ0) is 25.5. The van der Waals surface area contributed by atoms with Crippen LogP contribution in [0.25, 0.3) is 28.3 Å². The number of methoxy groups -OCH3 is 2. The standard InChI is InChI=1S/C26H31N7O4/c1-27-23-11-19(30-25-17(13-29-33(23)25)26(34)31-18-6-7-21(18)35-2)16-12-28-24-15(16)5-4-9-32(24)20-8-10-37-14-22(20)36-3/h4-5,9,11-13,18,20-22,27H,6-8,10,14H2,1-3H3,(H,31,34)/t18-,20+,21-,22+/m0/s1. The van der Waals surface area contributed by atoms with E-state index in [1.165, 1.54) is 0 Å². The topological polar surface area (TPSA) is 117 Å². The van der Waals surface area contributed by atoms with Gasteiger partial charge >= 0.3 is 0 Å². The van der Waals surface area contributed by atoms with Crippen LogP contribution >= 0.6 is 0 Å². The maximum atomic E-state index is 13.2. The van der Waals surface area contributed by atoms with E-state index in [2.05, 4.69) is 20.3 Å². The number of nitrogens with zero attached hydrogens (tertiary/aromatic N) is 5. The highest BCUT2D eigenvalue weighted by atomic mass is 16.5. The fourth-order valence-electron chi connectivity index (χ4n) is 5.38. The summed E-state index contributed by atoms with van der Waals surface area (Å²) in [5, 5.41) is 10.7. The number of rotatable bonds is 7. The van der Waals surface area contributed by atoms with E-state index in [1.807, 2.05) is 37.6 Å². The van der Waals surface area contributed by atoms with E-state index in [9.17, 15) is 4.79 Å². The fourth-order valence-corrected chi connectivity index (χ4v) is 5.38. The van der Waals surface area contributed by atoms with Crippen LogP contribution in [0.4, 0.5) is 5.82 Å². The lowest BCUT2D eigenvalue weighted by atomic mass is 9.89. The molecule has 11 heteroatoms. The van der Waals surface area contributed by atoms with Crippen LogP contribution < -0.4 is 10.6 Å². The van der Waals surface area contributed by atoms with Gasteiger partial charge in [0, 0.05) is 57.5 Å². The molecule has 6 rings (SSSR count). The number of aromatic nitrogens is 5. The van der Waals surface area contributed by atoms with Gasteiger partial charge in [0.1, 0.15) is 23.3 Å². The minimum Gasteiger partial charge on any atom is -0.379 e. The van der Waals surface area contributed by atoms with Gasteiger partial charge in [0.25, 0.3) is 5.91 Å². The van der Waals surface area contributed by atoms with Gasteiger partial charge in [0.2, 0.25) is 0 Å². The number of ether oxygens (including phenoxy) is 3. The van der Waals surface area contributed by atoms with Crippen LogP contribution in [-0.2, 0) is 14.2 Å². The zero-order valence-electron chi connectivity index (χ0n) is 21.2. The third-order valence-corrected chi connectivity index (χ3v) is 7.61. The van der Waals surface area contributed by atoms with Crippen LogP contribution in [0.15, 0.2) is 36.8 Å². The lowest BCUT2D eigenvalue weighted by Crippen LogP contribution is -2.51. The third kappa shape index (κ3) is 4.03. The first-order chi connectivity index (χ1) is 18.1. The van der Waals surface area contributed by atoms with E-state index in [1.54, 1.807) is 24.9 Å². The number of amides is 1. The molecule has 2 aromatic heterocycles. The maximum absolute atomic E-state index is 13.2. The second-order valence-electron chi connectivity index (χ2n) is 9.53. The minimum atomic E-state index is -0.207. The molecule has 0 radical (unpaired) electrons. The third-order valence-electron chi connectivity index (χ3n) is 7.61. The van der Waals surface area contributed by atoms with Gasteiger partial charge in [-0.2, -0.15) is 9.61 Å². The number of pyridine rings is 1. The van der Waals surface area contributed by atoms with E-state index in [0.717, 1.165) is 42.0 Å². The molecule has 194 valence electrons. The number of anilines is 1. The lowest BCUT2D eigenvalue weighted by Gasteiger charge is -2.35. The summed E-state index contributed by atoms with van der Waals surface area (Å²) < 4.78 is 20.6. The number of hydrogen-bond donors (Lipinski definition) is 2. The summed E-state index contributed by atoms with van der Waals surface area (Å²) in [6.45, 7) is 1.24. The van der Waals surface area contributed by atoms with Crippen molar-refractivity contribution >= 4 is 17.4 Å². The molecule has 0 aromatic carbocycles. The van der Waals surface area contributed by atoms with Crippen molar-refractivity contribution in [2.75, 3.05) is 39.8 Å². The summed E-state index contributed by atoms with van der Waals surface area (Å²) in [6, 6.07) is 6.12. The van der Waals surface area contributed by atoms with Crippen molar-refractivity contribution in [2.24, 2.45) is 0 Å². The van der Waals surface area contributed by atoms with Crippen molar-refractivity contribution in [3.05, 3.63) is 42.4 Å². The average molecular weight is 506 g/mol. The van der Waals surface area contributed by atoms with E-state index < -0.39 is 0 Å². The minimum absolute atomic E-state index is 0.000759. The first-order valence-electron chi connectivity index (χ1n) is 12.6. The first-order valence-corrected chi connectivity index (χ1v) is 12.6. The molecule has 2 aromatic rings. The first kappa shape index (κ1) is 23.8. The molecule has 4 atom stereocenters. The molecular formula is C26H31N7O4. The molecule has 0 spiro atoms. The number of fused-ring (bicyclic) bond motifs is 2. The van der Waals surface area contributed by atoms with Gasteiger partial charge in [-0.3, -0.25) is 4.79 Å². The van der Waals surface area contributed by atoms with Crippen LogP contribution in [0.5, 0.6) is 0 Å². The van der Waals surface area contributed by atoms with Crippen LogP contribution in [0.2, 0.25) is 0 Å². The van der Waals surface area contributed by atoms with Crippen molar-refractivity contribution in [3.8, 4) is 22.6 Å². The van der Waals surface area contributed by atoms with Gasteiger partial charge in [0.05, 0.1) is 36.7 Å². The summed E-state index contributed by atoms with van der Waals surface area (Å²) in [5.41, 5.74) is 3.47. The van der Waals surface area contributed by atoms with E-state index >= 15 is 0 Å². The Morgan fingerprint density at radius 1 is 1.14 bits per heavy atom. The molecule has 0 bridgehead atoms. The summed E-state index contributed by atoms with van der Waals surface area (Å²) in [7, 11) is 5.21. The lowest BCUT2D eigenvalue weighted by molar-refractivity contribution is -0.0600. The molecule has 4 aliphatic rings. The maximum Gasteiger partial charge on any atom is 0.257 e. The smallest absolute Gasteiger partial charge is 0.257 e. The number of nitrogens with one attached hydrogen (secondary N) is 2. The molecule has 37 heavy (non-hydrogen) atoms. The summed E-state index contributed by atoms with van der Waals surface area (Å²) in [4.78, 5) is 22.8. The SMILES string of the molecule is CNc1cc(-c2cnc3n([C@@H]4CCOC[C@H]4OC)cccc2-3)nc2c(C(=O)N[C@H]3CC[C@@H]3OC)cnn12. The molecule has 1 aliphatic carbocycles. The highest BCUT2D eigenvalue weighted by molar-refractivity contribution is 6.00. The van der Waals surface area contributed by atoms with Gasteiger partial charge in [-0.25, -0.2) is 9.97 Å². The normalized spacial score (nSPS) is 23.8. The molecule has 11 nitrogen and oxygen atoms in total. The van der Waals surface area contributed by atoms with Gasteiger partial charge < -0.3 is 29.4 Å². The van der Waals surface area contributed by atoms with E-state index in [4.69, 9.17) is 24.2 Å². The summed E-state index contributed by atoms with van der Waals surface area (Å²) in [5.74, 6) is 1.38. The van der Waals surface area contributed by atoms with Gasteiger partial charge in [0.15, 0.2) is 5.65 Å². The monoisotopic (exact) mass is 505 g/mol. The Hall–Kier alpha value is -3.54. The van der Waals surface area contributed by atoms with Gasteiger partial charge in [-0.1, -0.05) is 0 Å². The summed E-state index contributed by atoms with van der Waals surface area (Å²) in [6.07, 6.45) is 8.13. The average Bonchev–Trinajstić information content (AvgIpc) is 3.55. The van der Waals surface area contributed by atoms with Crippen molar-refractivity contribution in [1.29, 1.82) is 0 Å². The zero-order valence-corrected chi connectivity index (χ0v) is 21.2. The second-order valence-corrected chi connectivity index (χ2v) is 9.53. The van der Waals surface area contributed by atoms with E-state index in [-0.39, 0.29) is 30.2 Å². The predicted octanol–water partition coefficient (Wildman–Crippen LogP) is 2.62. The molecule has 0 unspecified atom stereocenters. The molecule has 1 saturated heterocycles. The van der Waals surface area contributed by atoms with E-state index in [0.29, 0.717) is 30.1 Å². The number of hydrogen-bond acceptors (Lipinski definition) is 8. The van der Waals surface area contributed by atoms with Crippen LogP contribution in [0.3, 0.4) is 0 Å². The van der Waals surface area contributed by atoms with Crippen molar-refractivity contribution in [2.45, 2.75) is 43.6 Å². The largest absolute Gasteiger partial charge is 0.379 e. The Bertz CT molecular complexity index is 1400. The summed E-state index contributed by atoms with van der Waals surface area (Å²) >= 11 is 0. The second kappa shape index (κ2) is 9.73. The van der Waals surface area contributed by atoms with Crippen molar-refractivity contribution in [3.63, 3.8) is 0 Å². The Morgan fingerprint density at radius 3 is 2.76 bits per heavy atom.